The Labute approximate surface area is 118 Å². The zero-order valence-electron chi connectivity index (χ0n) is 11.4. The van der Waals surface area contributed by atoms with E-state index >= 15 is 0 Å². The molecule has 0 aromatic heterocycles. The number of hydrogen-bond acceptors (Lipinski definition) is 2. The Kier molecular flexibility index (Phi) is 3.38. The number of carbonyl (C=O) groups is 1. The molecule has 0 amide bonds. The molecule has 3 aromatic rings. The van der Waals surface area contributed by atoms with Crippen LogP contribution in [0.2, 0.25) is 0 Å². The lowest BCUT2D eigenvalue weighted by Crippen LogP contribution is -2.04. The predicted molar refractivity (Wildman–Crippen MR) is 81.8 cm³/mol. The number of ether oxygens (including phenoxy) is 1. The molecule has 20 heavy (non-hydrogen) atoms. The van der Waals surface area contributed by atoms with Crippen LogP contribution in [0.15, 0.2) is 54.6 Å². The molecule has 0 fully saturated rings. The van der Waals surface area contributed by atoms with E-state index in [9.17, 15) is 4.79 Å². The lowest BCUT2D eigenvalue weighted by molar-refractivity contribution is -0.140. The van der Waals surface area contributed by atoms with Crippen molar-refractivity contribution >= 4 is 27.5 Å². The van der Waals surface area contributed by atoms with Gasteiger partial charge < -0.3 is 4.74 Å². The second kappa shape index (κ2) is 5.33. The van der Waals surface area contributed by atoms with Crippen molar-refractivity contribution in [2.24, 2.45) is 0 Å². The van der Waals surface area contributed by atoms with Crippen LogP contribution in [-0.2, 0) is 16.0 Å². The molecule has 100 valence electrons. The van der Waals surface area contributed by atoms with Crippen molar-refractivity contribution in [3.8, 4) is 0 Å². The van der Waals surface area contributed by atoms with E-state index in [1.807, 2.05) is 24.3 Å². The molecule has 2 nitrogen and oxygen atoms in total. The van der Waals surface area contributed by atoms with Gasteiger partial charge in [-0.1, -0.05) is 48.5 Å². The Morgan fingerprint density at radius 3 is 2.05 bits per heavy atom. The van der Waals surface area contributed by atoms with Gasteiger partial charge in [-0.25, -0.2) is 0 Å². The standard InChI is InChI=1S/C18H16O2/c1-13(19)20-11-10-18-16-8-4-2-6-14(16)12-15-7-3-5-9-17(15)18/h2-9,12H,10-11H2,1H3. The highest BCUT2D eigenvalue weighted by molar-refractivity contribution is 6.02. The fourth-order valence-corrected chi connectivity index (χ4v) is 2.67. The molecule has 3 aromatic carbocycles. The van der Waals surface area contributed by atoms with Crippen molar-refractivity contribution in [2.45, 2.75) is 13.3 Å². The fraction of sp³-hybridized carbons (Fsp3) is 0.167. The molecule has 2 heteroatoms. The summed E-state index contributed by atoms with van der Waals surface area (Å²) >= 11 is 0. The maximum atomic E-state index is 10.9. The van der Waals surface area contributed by atoms with Gasteiger partial charge in [0.2, 0.25) is 0 Å². The zero-order valence-corrected chi connectivity index (χ0v) is 11.4. The topological polar surface area (TPSA) is 26.3 Å². The maximum Gasteiger partial charge on any atom is 0.302 e. The van der Waals surface area contributed by atoms with Gasteiger partial charge in [0, 0.05) is 13.3 Å². The average molecular weight is 264 g/mol. The van der Waals surface area contributed by atoms with Crippen LogP contribution in [0.25, 0.3) is 21.5 Å². The summed E-state index contributed by atoms with van der Waals surface area (Å²) in [5.74, 6) is -0.227. The van der Waals surface area contributed by atoms with E-state index in [1.54, 1.807) is 0 Å². The zero-order chi connectivity index (χ0) is 13.9. The van der Waals surface area contributed by atoms with Gasteiger partial charge >= 0.3 is 5.97 Å². The van der Waals surface area contributed by atoms with Crippen molar-refractivity contribution in [1.82, 2.24) is 0 Å². The third-order valence-electron chi connectivity index (χ3n) is 3.54. The van der Waals surface area contributed by atoms with Crippen molar-refractivity contribution in [1.29, 1.82) is 0 Å². The molecule has 0 unspecified atom stereocenters. The van der Waals surface area contributed by atoms with Crippen molar-refractivity contribution in [2.75, 3.05) is 6.61 Å². The van der Waals surface area contributed by atoms with Gasteiger partial charge in [-0.2, -0.15) is 0 Å². The fourth-order valence-electron chi connectivity index (χ4n) is 2.67. The molecular weight excluding hydrogens is 248 g/mol. The molecule has 3 rings (SSSR count). The first-order valence-corrected chi connectivity index (χ1v) is 6.78. The van der Waals surface area contributed by atoms with E-state index in [1.165, 1.54) is 34.0 Å². The molecule has 0 saturated carbocycles. The number of hydrogen-bond donors (Lipinski definition) is 0. The Hall–Kier alpha value is -2.35. The Morgan fingerprint density at radius 1 is 0.950 bits per heavy atom. The van der Waals surface area contributed by atoms with Gasteiger partial charge in [0.1, 0.15) is 0 Å². The Bertz CT molecular complexity index is 721. The second-order valence-electron chi connectivity index (χ2n) is 4.89. The third-order valence-corrected chi connectivity index (χ3v) is 3.54. The molecule has 0 aliphatic heterocycles. The van der Waals surface area contributed by atoms with Crippen LogP contribution in [0.3, 0.4) is 0 Å². The molecule has 0 atom stereocenters. The summed E-state index contributed by atoms with van der Waals surface area (Å²) in [6.45, 7) is 1.87. The van der Waals surface area contributed by atoms with E-state index in [0.717, 1.165) is 6.42 Å². The number of fused-ring (bicyclic) bond motifs is 2. The molecule has 0 heterocycles. The molecule has 0 aliphatic carbocycles. The second-order valence-corrected chi connectivity index (χ2v) is 4.89. The highest BCUT2D eigenvalue weighted by Crippen LogP contribution is 2.28. The molecule has 0 radical (unpaired) electrons. The van der Waals surface area contributed by atoms with Crippen LogP contribution in [0.1, 0.15) is 12.5 Å². The third kappa shape index (κ3) is 2.37. The van der Waals surface area contributed by atoms with E-state index in [-0.39, 0.29) is 5.97 Å². The summed E-state index contributed by atoms with van der Waals surface area (Å²) in [7, 11) is 0. The van der Waals surface area contributed by atoms with Gasteiger partial charge in [0.25, 0.3) is 0 Å². The van der Waals surface area contributed by atoms with Crippen LogP contribution in [0.4, 0.5) is 0 Å². The summed E-state index contributed by atoms with van der Waals surface area (Å²) in [5.41, 5.74) is 1.25. The molecular formula is C18H16O2. The maximum absolute atomic E-state index is 10.9. The summed E-state index contributed by atoms with van der Waals surface area (Å²) in [6.07, 6.45) is 0.738. The van der Waals surface area contributed by atoms with Gasteiger partial charge in [0.05, 0.1) is 6.61 Å². The minimum Gasteiger partial charge on any atom is -0.466 e. The largest absolute Gasteiger partial charge is 0.466 e. The van der Waals surface area contributed by atoms with E-state index in [4.69, 9.17) is 4.74 Å². The first kappa shape index (κ1) is 12.7. The van der Waals surface area contributed by atoms with Gasteiger partial charge in [-0.05, 0) is 33.2 Å². The lowest BCUT2D eigenvalue weighted by atomic mass is 9.95. The van der Waals surface area contributed by atoms with Crippen LogP contribution >= 0.6 is 0 Å². The minimum absolute atomic E-state index is 0.227. The SMILES string of the molecule is CC(=O)OCCc1c2ccccc2cc2ccccc12. The number of carbonyl (C=O) groups excluding carboxylic acids is 1. The average Bonchev–Trinajstić information content (AvgIpc) is 2.46. The van der Waals surface area contributed by atoms with Crippen LogP contribution in [-0.4, -0.2) is 12.6 Å². The molecule has 0 aliphatic rings. The van der Waals surface area contributed by atoms with E-state index < -0.39 is 0 Å². The highest BCUT2D eigenvalue weighted by Gasteiger charge is 2.07. The normalized spacial score (nSPS) is 10.8. The first-order valence-electron chi connectivity index (χ1n) is 6.78. The van der Waals surface area contributed by atoms with Gasteiger partial charge in [-0.3, -0.25) is 4.79 Å². The smallest absolute Gasteiger partial charge is 0.302 e. The summed E-state index contributed by atoms with van der Waals surface area (Å²) < 4.78 is 5.10. The van der Waals surface area contributed by atoms with Gasteiger partial charge in [-0.15, -0.1) is 0 Å². The van der Waals surface area contributed by atoms with Crippen molar-refractivity contribution < 1.29 is 9.53 Å². The van der Waals surface area contributed by atoms with Gasteiger partial charge in [0.15, 0.2) is 0 Å². The quantitative estimate of drug-likeness (QED) is 0.526. The molecule has 0 saturated heterocycles. The van der Waals surface area contributed by atoms with Crippen LogP contribution < -0.4 is 0 Å². The molecule has 0 bridgehead atoms. The number of rotatable bonds is 3. The summed E-state index contributed by atoms with van der Waals surface area (Å²) in [6, 6.07) is 18.9. The van der Waals surface area contributed by atoms with Crippen molar-refractivity contribution in [3.05, 3.63) is 60.2 Å². The monoisotopic (exact) mass is 264 g/mol. The predicted octanol–water partition coefficient (Wildman–Crippen LogP) is 4.10. The summed E-state index contributed by atoms with van der Waals surface area (Å²) in [4.78, 5) is 10.9. The Balaban J connectivity index is 2.15. The van der Waals surface area contributed by atoms with Crippen LogP contribution in [0, 0.1) is 0 Å². The summed E-state index contributed by atoms with van der Waals surface area (Å²) in [5, 5.41) is 4.92. The first-order chi connectivity index (χ1) is 9.75. The number of benzene rings is 3. The van der Waals surface area contributed by atoms with Crippen LogP contribution in [0.5, 0.6) is 0 Å². The highest BCUT2D eigenvalue weighted by atomic mass is 16.5. The molecule has 0 spiro atoms. The van der Waals surface area contributed by atoms with Crippen molar-refractivity contribution in [3.63, 3.8) is 0 Å². The van der Waals surface area contributed by atoms with E-state index in [0.29, 0.717) is 6.61 Å². The minimum atomic E-state index is -0.227. The van der Waals surface area contributed by atoms with E-state index in [2.05, 4.69) is 30.3 Å². The number of esters is 1. The molecule has 0 N–H and O–H groups in total. The Morgan fingerprint density at radius 2 is 1.50 bits per heavy atom. The lowest BCUT2D eigenvalue weighted by Gasteiger charge is -2.11.